The Morgan fingerprint density at radius 1 is 1.06 bits per heavy atom. The van der Waals surface area contributed by atoms with Gasteiger partial charge < -0.3 is 24.6 Å². The number of carboxylic acid groups (broad SMARTS) is 1. The minimum atomic E-state index is -0.698. The molecule has 6 nitrogen and oxygen atoms in total. The molecule has 0 spiro atoms. The van der Waals surface area contributed by atoms with Crippen molar-refractivity contribution in [1.29, 1.82) is 0 Å². The van der Waals surface area contributed by atoms with Crippen LogP contribution in [-0.4, -0.2) is 37.5 Å². The van der Waals surface area contributed by atoms with Gasteiger partial charge in [0.2, 0.25) is 0 Å². The summed E-state index contributed by atoms with van der Waals surface area (Å²) in [6.07, 6.45) is 1.57. The van der Waals surface area contributed by atoms with E-state index in [9.17, 15) is 4.79 Å². The zero-order valence-electron chi connectivity index (χ0n) is 20.0. The first kappa shape index (κ1) is 23.2. The van der Waals surface area contributed by atoms with Crippen LogP contribution < -0.4 is 14.8 Å². The minimum absolute atomic E-state index is 0.154. The van der Waals surface area contributed by atoms with Gasteiger partial charge >= 0.3 is 5.97 Å². The Bertz CT molecular complexity index is 1190. The number of rotatable bonds is 10. The van der Waals surface area contributed by atoms with Crippen LogP contribution >= 0.6 is 0 Å². The monoisotopic (exact) mass is 473 g/mol. The van der Waals surface area contributed by atoms with Crippen LogP contribution in [-0.2, 0) is 22.5 Å². The van der Waals surface area contributed by atoms with Crippen LogP contribution in [0.15, 0.2) is 60.7 Å². The Balaban J connectivity index is 1.26. The first-order valence-electron chi connectivity index (χ1n) is 12.3. The molecule has 2 N–H and O–H groups in total. The lowest BCUT2D eigenvalue weighted by atomic mass is 9.96. The molecule has 0 bridgehead atoms. The molecule has 5 rings (SSSR count). The van der Waals surface area contributed by atoms with Crippen molar-refractivity contribution < 1.29 is 24.1 Å². The van der Waals surface area contributed by atoms with Crippen molar-refractivity contribution in [2.24, 2.45) is 5.92 Å². The van der Waals surface area contributed by atoms with Gasteiger partial charge in [-0.1, -0.05) is 24.3 Å². The van der Waals surface area contributed by atoms with Crippen LogP contribution in [0.4, 0.5) is 5.69 Å². The molecule has 2 atom stereocenters. The second-order valence-corrected chi connectivity index (χ2v) is 9.06. The summed E-state index contributed by atoms with van der Waals surface area (Å²) in [5.74, 6) is 0.989. The van der Waals surface area contributed by atoms with Crippen LogP contribution in [0.1, 0.15) is 36.0 Å². The van der Waals surface area contributed by atoms with E-state index in [1.165, 1.54) is 11.1 Å². The highest BCUT2D eigenvalue weighted by molar-refractivity contribution is 5.76. The van der Waals surface area contributed by atoms with E-state index in [0.29, 0.717) is 33.0 Å². The van der Waals surface area contributed by atoms with Crippen LogP contribution in [0, 0.1) is 5.92 Å². The summed E-state index contributed by atoms with van der Waals surface area (Å²) in [5, 5.41) is 12.6. The van der Waals surface area contributed by atoms with Crippen LogP contribution in [0.5, 0.6) is 11.5 Å². The summed E-state index contributed by atoms with van der Waals surface area (Å²) in [6, 6.07) is 20.7. The number of hydrogen-bond donors (Lipinski definition) is 2. The molecule has 0 saturated heterocycles. The molecule has 35 heavy (non-hydrogen) atoms. The highest BCUT2D eigenvalue weighted by Crippen LogP contribution is 2.47. The largest absolute Gasteiger partial charge is 0.493 e. The summed E-state index contributed by atoms with van der Waals surface area (Å²) in [4.78, 5) is 11.1. The van der Waals surface area contributed by atoms with Crippen molar-refractivity contribution in [1.82, 2.24) is 0 Å². The molecule has 1 aliphatic heterocycles. The van der Waals surface area contributed by atoms with Gasteiger partial charge in [0.25, 0.3) is 0 Å². The third-order valence-corrected chi connectivity index (χ3v) is 6.68. The first-order valence-corrected chi connectivity index (χ1v) is 12.3. The molecule has 1 aliphatic carbocycles. The molecule has 0 radical (unpaired) electrons. The molecule has 3 aromatic carbocycles. The normalized spacial score (nSPS) is 18.0. The summed E-state index contributed by atoms with van der Waals surface area (Å²) in [5.41, 5.74) is 6.77. The zero-order valence-corrected chi connectivity index (χ0v) is 20.0. The predicted molar refractivity (Wildman–Crippen MR) is 135 cm³/mol. The van der Waals surface area contributed by atoms with E-state index in [1.54, 1.807) is 0 Å². The van der Waals surface area contributed by atoms with Gasteiger partial charge in [0, 0.05) is 30.8 Å². The Labute approximate surface area is 205 Å². The highest BCUT2D eigenvalue weighted by Gasteiger charge is 2.43. The van der Waals surface area contributed by atoms with Crippen LogP contribution in [0.3, 0.4) is 0 Å². The molecular weight excluding hydrogens is 442 g/mol. The number of ether oxygens (including phenoxy) is 3. The van der Waals surface area contributed by atoms with E-state index in [4.69, 9.17) is 19.3 Å². The lowest BCUT2D eigenvalue weighted by Gasteiger charge is -2.14. The standard InChI is InChI=1S/C29H31NO5/c1-2-33-13-14-34-23-8-9-24-21(16-23)11-12-35-28-10-3-19(15-26(24)28)18-30-22-6-4-20(5-7-22)25-17-27(25)29(31)32/h3-10,15-16,25,27,30H,2,11-14,17-18H2,1H3,(H,31,32)/t25-,27+/m1/s1. The van der Waals surface area contributed by atoms with Crippen molar-refractivity contribution in [3.05, 3.63) is 77.4 Å². The van der Waals surface area contributed by atoms with E-state index in [-0.39, 0.29) is 11.8 Å². The fourth-order valence-electron chi connectivity index (χ4n) is 4.68. The van der Waals surface area contributed by atoms with Crippen molar-refractivity contribution in [2.75, 3.05) is 31.7 Å². The SMILES string of the molecule is CCOCCOc1ccc2c(c1)CCOc1ccc(CNc3ccc([C@H]4C[C@@H]4C(=O)O)cc3)cc1-2. The summed E-state index contributed by atoms with van der Waals surface area (Å²) in [6.45, 7) is 5.11. The Morgan fingerprint density at radius 3 is 2.69 bits per heavy atom. The van der Waals surface area contributed by atoms with Crippen LogP contribution in [0.2, 0.25) is 0 Å². The number of benzene rings is 3. The number of aliphatic carboxylic acids is 1. The van der Waals surface area contributed by atoms with Gasteiger partial charge in [-0.15, -0.1) is 0 Å². The van der Waals surface area contributed by atoms with E-state index < -0.39 is 5.97 Å². The van der Waals surface area contributed by atoms with E-state index in [1.807, 2.05) is 37.3 Å². The molecule has 0 unspecified atom stereocenters. The van der Waals surface area contributed by atoms with Gasteiger partial charge in [-0.2, -0.15) is 0 Å². The van der Waals surface area contributed by atoms with Gasteiger partial charge in [0.05, 0.1) is 19.1 Å². The van der Waals surface area contributed by atoms with Crippen molar-refractivity contribution in [3.8, 4) is 22.6 Å². The van der Waals surface area contributed by atoms with Crippen LogP contribution in [0.25, 0.3) is 11.1 Å². The second-order valence-electron chi connectivity index (χ2n) is 9.06. The van der Waals surface area contributed by atoms with Gasteiger partial charge in [-0.05, 0) is 77.9 Å². The van der Waals surface area contributed by atoms with Crippen molar-refractivity contribution in [3.63, 3.8) is 0 Å². The molecule has 2 aliphatic rings. The average Bonchev–Trinajstić information content (AvgIpc) is 3.69. The Hall–Kier alpha value is -3.51. The van der Waals surface area contributed by atoms with Gasteiger partial charge in [-0.3, -0.25) is 4.79 Å². The maximum atomic E-state index is 11.1. The van der Waals surface area contributed by atoms with Gasteiger partial charge in [-0.25, -0.2) is 0 Å². The maximum Gasteiger partial charge on any atom is 0.307 e. The highest BCUT2D eigenvalue weighted by atomic mass is 16.5. The molecule has 0 aromatic heterocycles. The third kappa shape index (κ3) is 5.43. The average molecular weight is 474 g/mol. The summed E-state index contributed by atoms with van der Waals surface area (Å²) >= 11 is 0. The molecule has 1 fully saturated rings. The molecule has 1 heterocycles. The second kappa shape index (κ2) is 10.4. The van der Waals surface area contributed by atoms with Gasteiger partial charge in [0.1, 0.15) is 18.1 Å². The number of carboxylic acids is 1. The predicted octanol–water partition coefficient (Wildman–Crippen LogP) is 5.50. The third-order valence-electron chi connectivity index (χ3n) is 6.68. The van der Waals surface area contributed by atoms with Gasteiger partial charge in [0.15, 0.2) is 0 Å². The number of hydrogen-bond acceptors (Lipinski definition) is 5. The number of anilines is 1. The number of fused-ring (bicyclic) bond motifs is 3. The summed E-state index contributed by atoms with van der Waals surface area (Å²) in [7, 11) is 0. The smallest absolute Gasteiger partial charge is 0.307 e. The van der Waals surface area contributed by atoms with Crippen molar-refractivity contribution in [2.45, 2.75) is 32.2 Å². The van der Waals surface area contributed by atoms with E-state index in [2.05, 4.69) is 35.6 Å². The fraction of sp³-hybridized carbons (Fsp3) is 0.345. The Kier molecular flexibility index (Phi) is 6.91. The fourth-order valence-corrected chi connectivity index (χ4v) is 4.68. The zero-order chi connectivity index (χ0) is 24.2. The maximum absolute atomic E-state index is 11.1. The number of carbonyl (C=O) groups is 1. The quantitative estimate of drug-likeness (QED) is 0.379. The van der Waals surface area contributed by atoms with Crippen molar-refractivity contribution >= 4 is 11.7 Å². The molecule has 182 valence electrons. The molecule has 0 amide bonds. The minimum Gasteiger partial charge on any atom is -0.493 e. The molecule has 3 aromatic rings. The Morgan fingerprint density at radius 2 is 1.91 bits per heavy atom. The lowest BCUT2D eigenvalue weighted by molar-refractivity contribution is -0.138. The lowest BCUT2D eigenvalue weighted by Crippen LogP contribution is -2.06. The molecule has 1 saturated carbocycles. The summed E-state index contributed by atoms with van der Waals surface area (Å²) < 4.78 is 17.3. The number of nitrogens with one attached hydrogen (secondary N) is 1. The topological polar surface area (TPSA) is 77.0 Å². The molecular formula is C29H31NO5. The molecule has 6 heteroatoms. The van der Waals surface area contributed by atoms with E-state index >= 15 is 0 Å². The first-order chi connectivity index (χ1) is 17.1. The van der Waals surface area contributed by atoms with E-state index in [0.717, 1.165) is 46.7 Å².